The van der Waals surface area contributed by atoms with E-state index in [0.717, 1.165) is 12.5 Å². The van der Waals surface area contributed by atoms with Crippen molar-refractivity contribution in [2.75, 3.05) is 26.7 Å². The maximum Gasteiger partial charge on any atom is 0.193 e. The van der Waals surface area contributed by atoms with Crippen LogP contribution in [0.5, 0.6) is 0 Å². The van der Waals surface area contributed by atoms with Gasteiger partial charge in [0.15, 0.2) is 5.96 Å². The highest BCUT2D eigenvalue weighted by Gasteiger charge is 2.45. The van der Waals surface area contributed by atoms with Crippen LogP contribution in [0.1, 0.15) is 44.1 Å². The number of rotatable bonds is 4. The molecule has 0 aromatic heterocycles. The van der Waals surface area contributed by atoms with Crippen molar-refractivity contribution in [1.29, 1.82) is 0 Å². The third-order valence-electron chi connectivity index (χ3n) is 6.36. The van der Waals surface area contributed by atoms with Crippen LogP contribution in [0.2, 0.25) is 0 Å². The summed E-state index contributed by atoms with van der Waals surface area (Å²) in [6, 6.07) is 10.9. The Morgan fingerprint density at radius 2 is 1.88 bits per heavy atom. The Balaban J connectivity index is 0.00000169. The lowest BCUT2D eigenvalue weighted by molar-refractivity contribution is 0.151. The fraction of sp³-hybridized carbons (Fsp3) is 0.650. The van der Waals surface area contributed by atoms with Crippen LogP contribution in [-0.2, 0) is 6.42 Å². The van der Waals surface area contributed by atoms with Crippen molar-refractivity contribution in [2.24, 2.45) is 15.8 Å². The Bertz CT molecular complexity index is 576. The lowest BCUT2D eigenvalue weighted by atomic mass is 9.68. The number of guanidine groups is 1. The second kappa shape index (κ2) is 7.22. The first kappa shape index (κ1) is 18.0. The predicted octanol–water partition coefficient (Wildman–Crippen LogP) is 4.08. The number of likely N-dealkylation sites (tertiary alicyclic amines) is 1. The van der Waals surface area contributed by atoms with Crippen LogP contribution in [0.4, 0.5) is 0 Å². The van der Waals surface area contributed by atoms with Crippen LogP contribution in [0.25, 0.3) is 0 Å². The highest BCUT2D eigenvalue weighted by Crippen LogP contribution is 2.49. The van der Waals surface area contributed by atoms with E-state index >= 15 is 0 Å². The Labute approximate surface area is 163 Å². The molecule has 4 heteroatoms. The van der Waals surface area contributed by atoms with E-state index in [0.29, 0.717) is 10.8 Å². The topological polar surface area (TPSA) is 27.6 Å². The van der Waals surface area contributed by atoms with Gasteiger partial charge < -0.3 is 10.2 Å². The van der Waals surface area contributed by atoms with Gasteiger partial charge in [-0.1, -0.05) is 36.8 Å². The predicted molar refractivity (Wildman–Crippen MR) is 111 cm³/mol. The van der Waals surface area contributed by atoms with Gasteiger partial charge in [0.05, 0.1) is 0 Å². The molecular formula is C20H30IN3. The first-order chi connectivity index (χ1) is 11.2. The van der Waals surface area contributed by atoms with Crippen LogP contribution >= 0.6 is 24.0 Å². The van der Waals surface area contributed by atoms with Crippen molar-refractivity contribution in [3.63, 3.8) is 0 Å². The molecule has 4 rings (SSSR count). The van der Waals surface area contributed by atoms with Gasteiger partial charge in [0.25, 0.3) is 0 Å². The smallest absolute Gasteiger partial charge is 0.193 e. The number of hydrogen-bond donors (Lipinski definition) is 1. The molecule has 0 amide bonds. The lowest BCUT2D eigenvalue weighted by Gasteiger charge is -2.38. The van der Waals surface area contributed by atoms with Gasteiger partial charge in [-0.25, -0.2) is 0 Å². The summed E-state index contributed by atoms with van der Waals surface area (Å²) < 4.78 is 0. The molecule has 3 nitrogen and oxygen atoms in total. The third-order valence-corrected chi connectivity index (χ3v) is 6.36. The SMILES string of the molecule is CN=C(NCC1(Cc2ccccc2)CC1)N1CCC2(CCC2)C1.I. The van der Waals surface area contributed by atoms with Crippen molar-refractivity contribution in [2.45, 2.75) is 44.9 Å². The second-order valence-corrected chi connectivity index (χ2v) is 8.09. The van der Waals surface area contributed by atoms with E-state index < -0.39 is 0 Å². The third kappa shape index (κ3) is 3.73. The van der Waals surface area contributed by atoms with Crippen LogP contribution in [0.3, 0.4) is 0 Å². The molecule has 24 heavy (non-hydrogen) atoms. The van der Waals surface area contributed by atoms with Gasteiger partial charge in [0, 0.05) is 26.7 Å². The molecule has 2 saturated carbocycles. The normalized spacial score (nSPS) is 23.5. The molecule has 0 atom stereocenters. The molecule has 1 N–H and O–H groups in total. The zero-order chi connectivity index (χ0) is 15.8. The molecule has 1 aromatic rings. The number of benzene rings is 1. The summed E-state index contributed by atoms with van der Waals surface area (Å²) in [5.74, 6) is 1.13. The first-order valence-electron chi connectivity index (χ1n) is 9.22. The molecule has 0 bridgehead atoms. The number of nitrogens with one attached hydrogen (secondary N) is 1. The molecular weight excluding hydrogens is 409 g/mol. The van der Waals surface area contributed by atoms with Crippen molar-refractivity contribution in [3.8, 4) is 0 Å². The summed E-state index contributed by atoms with van der Waals surface area (Å²) in [5, 5.41) is 3.70. The molecule has 1 aliphatic heterocycles. The van der Waals surface area contributed by atoms with Crippen molar-refractivity contribution >= 4 is 29.9 Å². The van der Waals surface area contributed by atoms with Crippen molar-refractivity contribution in [3.05, 3.63) is 35.9 Å². The first-order valence-corrected chi connectivity index (χ1v) is 9.22. The quantitative estimate of drug-likeness (QED) is 0.435. The number of nitrogens with zero attached hydrogens (tertiary/aromatic N) is 2. The fourth-order valence-electron chi connectivity index (χ4n) is 4.42. The van der Waals surface area contributed by atoms with Crippen LogP contribution < -0.4 is 5.32 Å². The summed E-state index contributed by atoms with van der Waals surface area (Å²) in [4.78, 5) is 7.06. The van der Waals surface area contributed by atoms with Gasteiger partial charge in [0.2, 0.25) is 0 Å². The summed E-state index contributed by atoms with van der Waals surface area (Å²) >= 11 is 0. The van der Waals surface area contributed by atoms with E-state index in [-0.39, 0.29) is 24.0 Å². The minimum atomic E-state index is 0. The fourth-order valence-corrected chi connectivity index (χ4v) is 4.42. The van der Waals surface area contributed by atoms with Gasteiger partial charge in [-0.05, 0) is 54.9 Å². The maximum absolute atomic E-state index is 4.56. The molecule has 3 fully saturated rings. The zero-order valence-corrected chi connectivity index (χ0v) is 17.1. The summed E-state index contributed by atoms with van der Waals surface area (Å²) in [6.07, 6.45) is 9.53. The monoisotopic (exact) mass is 439 g/mol. The van der Waals surface area contributed by atoms with E-state index in [1.54, 1.807) is 0 Å². The largest absolute Gasteiger partial charge is 0.356 e. The molecule has 0 radical (unpaired) electrons. The van der Waals surface area contributed by atoms with Gasteiger partial charge in [-0.3, -0.25) is 4.99 Å². The minimum Gasteiger partial charge on any atom is -0.356 e. The number of aliphatic imine (C=N–C) groups is 1. The average molecular weight is 439 g/mol. The van der Waals surface area contributed by atoms with Gasteiger partial charge in [-0.2, -0.15) is 0 Å². The molecule has 2 aliphatic carbocycles. The summed E-state index contributed by atoms with van der Waals surface area (Å²) in [7, 11) is 1.94. The second-order valence-electron chi connectivity index (χ2n) is 8.09. The van der Waals surface area contributed by atoms with E-state index in [9.17, 15) is 0 Å². The Hall–Kier alpha value is -0.780. The molecule has 1 spiro atoms. The van der Waals surface area contributed by atoms with Crippen LogP contribution in [-0.4, -0.2) is 37.5 Å². The molecule has 3 aliphatic rings. The standard InChI is InChI=1S/C20H29N3.HI/c1-21-18(23-13-12-19(16-23)8-5-9-19)22-15-20(10-11-20)14-17-6-3-2-4-7-17;/h2-4,6-7H,5,8-16H2,1H3,(H,21,22);1H. The lowest BCUT2D eigenvalue weighted by Crippen LogP contribution is -2.44. The Morgan fingerprint density at radius 3 is 2.42 bits per heavy atom. The molecule has 1 aromatic carbocycles. The Morgan fingerprint density at radius 1 is 1.12 bits per heavy atom. The van der Waals surface area contributed by atoms with Gasteiger partial charge >= 0.3 is 0 Å². The maximum atomic E-state index is 4.56. The molecule has 132 valence electrons. The zero-order valence-electron chi connectivity index (χ0n) is 14.8. The highest BCUT2D eigenvalue weighted by atomic mass is 127. The van der Waals surface area contributed by atoms with E-state index in [1.807, 2.05) is 7.05 Å². The van der Waals surface area contributed by atoms with Gasteiger partial charge in [0.1, 0.15) is 0 Å². The van der Waals surface area contributed by atoms with E-state index in [4.69, 9.17) is 0 Å². The van der Waals surface area contributed by atoms with Crippen LogP contribution in [0, 0.1) is 10.8 Å². The summed E-state index contributed by atoms with van der Waals surface area (Å²) in [5.41, 5.74) is 2.57. The molecule has 1 heterocycles. The van der Waals surface area contributed by atoms with Crippen molar-refractivity contribution < 1.29 is 0 Å². The average Bonchev–Trinajstić information content (AvgIpc) is 3.14. The highest BCUT2D eigenvalue weighted by molar-refractivity contribution is 14.0. The van der Waals surface area contributed by atoms with E-state index in [2.05, 4.69) is 45.5 Å². The van der Waals surface area contributed by atoms with Crippen LogP contribution in [0.15, 0.2) is 35.3 Å². The van der Waals surface area contributed by atoms with E-state index in [1.165, 1.54) is 63.6 Å². The molecule has 0 unspecified atom stereocenters. The number of halogens is 1. The summed E-state index contributed by atoms with van der Waals surface area (Å²) in [6.45, 7) is 3.47. The molecule has 1 saturated heterocycles. The van der Waals surface area contributed by atoms with Gasteiger partial charge in [-0.15, -0.1) is 24.0 Å². The number of hydrogen-bond acceptors (Lipinski definition) is 1. The Kier molecular flexibility index (Phi) is 5.42. The van der Waals surface area contributed by atoms with Crippen molar-refractivity contribution in [1.82, 2.24) is 10.2 Å². The minimum absolute atomic E-state index is 0.